The van der Waals surface area contributed by atoms with E-state index in [-0.39, 0.29) is 6.09 Å². The summed E-state index contributed by atoms with van der Waals surface area (Å²) < 4.78 is 6.29. The van der Waals surface area contributed by atoms with Gasteiger partial charge in [-0.1, -0.05) is 0 Å². The molecule has 0 aromatic carbocycles. The molecule has 4 nitrogen and oxygen atoms in total. The second-order valence-corrected chi connectivity index (χ2v) is 7.42. The lowest BCUT2D eigenvalue weighted by Gasteiger charge is -2.19. The van der Waals surface area contributed by atoms with Crippen LogP contribution in [0.15, 0.2) is 10.5 Å². The van der Waals surface area contributed by atoms with E-state index in [0.29, 0.717) is 13.1 Å². The van der Waals surface area contributed by atoms with Crippen LogP contribution in [0.2, 0.25) is 0 Å². The van der Waals surface area contributed by atoms with Crippen molar-refractivity contribution < 1.29 is 9.53 Å². The summed E-state index contributed by atoms with van der Waals surface area (Å²) in [5.41, 5.74) is -0.446. The molecule has 2 N–H and O–H groups in total. The van der Waals surface area contributed by atoms with Crippen molar-refractivity contribution in [3.8, 4) is 0 Å². The zero-order chi connectivity index (χ0) is 14.5. The van der Waals surface area contributed by atoms with Gasteiger partial charge >= 0.3 is 6.09 Å². The van der Waals surface area contributed by atoms with Crippen molar-refractivity contribution in [3.05, 3.63) is 20.3 Å². The Labute approximate surface area is 127 Å². The molecule has 0 bridgehead atoms. The predicted molar refractivity (Wildman–Crippen MR) is 82.7 cm³/mol. The molecule has 0 saturated heterocycles. The van der Waals surface area contributed by atoms with Crippen LogP contribution < -0.4 is 10.6 Å². The third-order valence-corrected chi connectivity index (χ3v) is 4.31. The average molecular weight is 349 g/mol. The smallest absolute Gasteiger partial charge is 0.407 e. The monoisotopic (exact) mass is 348 g/mol. The molecule has 19 heavy (non-hydrogen) atoms. The van der Waals surface area contributed by atoms with Crippen LogP contribution in [0, 0.1) is 6.92 Å². The maximum atomic E-state index is 11.4. The van der Waals surface area contributed by atoms with Gasteiger partial charge in [0.05, 0.1) is 0 Å². The Bertz CT molecular complexity index is 407. The van der Waals surface area contributed by atoms with E-state index >= 15 is 0 Å². The number of hydrogen-bond donors (Lipinski definition) is 2. The highest BCUT2D eigenvalue weighted by Crippen LogP contribution is 2.25. The van der Waals surface area contributed by atoms with E-state index in [1.165, 1.54) is 9.75 Å². The number of carbonyl (C=O) groups excluding carboxylic acids is 1. The highest BCUT2D eigenvalue weighted by molar-refractivity contribution is 9.10. The number of carbonyl (C=O) groups is 1. The molecule has 6 heteroatoms. The van der Waals surface area contributed by atoms with E-state index in [1.807, 2.05) is 20.8 Å². The number of rotatable bonds is 5. The van der Waals surface area contributed by atoms with Crippen molar-refractivity contribution in [3.63, 3.8) is 0 Å². The highest BCUT2D eigenvalue weighted by atomic mass is 79.9. The van der Waals surface area contributed by atoms with Gasteiger partial charge in [-0.05, 0) is 49.7 Å². The molecule has 1 rings (SSSR count). The molecule has 1 aromatic heterocycles. The van der Waals surface area contributed by atoms with Gasteiger partial charge in [-0.25, -0.2) is 4.79 Å². The van der Waals surface area contributed by atoms with Crippen LogP contribution in [0.4, 0.5) is 4.79 Å². The first kappa shape index (κ1) is 16.5. The second kappa shape index (κ2) is 7.26. The fourth-order valence-electron chi connectivity index (χ4n) is 1.38. The van der Waals surface area contributed by atoms with Gasteiger partial charge in [0.15, 0.2) is 0 Å². The normalized spacial score (nSPS) is 11.4. The first-order valence-electron chi connectivity index (χ1n) is 6.20. The van der Waals surface area contributed by atoms with E-state index in [4.69, 9.17) is 4.74 Å². The maximum absolute atomic E-state index is 11.4. The van der Waals surface area contributed by atoms with Crippen LogP contribution >= 0.6 is 27.3 Å². The van der Waals surface area contributed by atoms with Crippen LogP contribution in [-0.2, 0) is 11.3 Å². The number of hydrogen-bond acceptors (Lipinski definition) is 4. The topological polar surface area (TPSA) is 50.4 Å². The Hall–Kier alpha value is -0.590. The standard InChI is InChI=1S/C13H21BrN2O2S/c1-9-11(14)7-10(19-9)8-15-5-6-16-12(17)18-13(2,3)4/h7,15H,5-6,8H2,1-4H3,(H,16,17). The predicted octanol–water partition coefficient (Wildman–Crippen LogP) is 3.43. The molecule has 1 amide bonds. The molecule has 0 aliphatic rings. The van der Waals surface area contributed by atoms with E-state index in [1.54, 1.807) is 11.3 Å². The van der Waals surface area contributed by atoms with Gasteiger partial charge in [-0.15, -0.1) is 11.3 Å². The first-order chi connectivity index (χ1) is 8.78. The Morgan fingerprint density at radius 3 is 2.63 bits per heavy atom. The minimum atomic E-state index is -0.446. The van der Waals surface area contributed by atoms with Crippen LogP contribution in [0.25, 0.3) is 0 Å². The Kier molecular flexibility index (Phi) is 6.29. The summed E-state index contributed by atoms with van der Waals surface area (Å²) >= 11 is 5.26. The lowest BCUT2D eigenvalue weighted by Crippen LogP contribution is -2.36. The van der Waals surface area contributed by atoms with Crippen molar-refractivity contribution in [1.29, 1.82) is 0 Å². The third-order valence-electron chi connectivity index (χ3n) is 2.18. The molecule has 0 radical (unpaired) electrons. The zero-order valence-corrected chi connectivity index (χ0v) is 14.2. The number of halogens is 1. The average Bonchev–Trinajstić information content (AvgIpc) is 2.55. The van der Waals surface area contributed by atoms with Crippen molar-refractivity contribution in [2.45, 2.75) is 39.8 Å². The summed E-state index contributed by atoms with van der Waals surface area (Å²) in [6.07, 6.45) is -0.371. The molecule has 0 aliphatic heterocycles. The van der Waals surface area contributed by atoms with E-state index in [9.17, 15) is 4.79 Å². The van der Waals surface area contributed by atoms with Gasteiger partial charge < -0.3 is 15.4 Å². The molecule has 0 fully saturated rings. The number of thiophene rings is 1. The molecule has 0 atom stereocenters. The summed E-state index contributed by atoms with van der Waals surface area (Å²) in [5, 5.41) is 5.99. The van der Waals surface area contributed by atoms with Crippen LogP contribution in [-0.4, -0.2) is 24.8 Å². The Morgan fingerprint density at radius 1 is 1.42 bits per heavy atom. The van der Waals surface area contributed by atoms with Gasteiger partial charge in [-0.2, -0.15) is 0 Å². The van der Waals surface area contributed by atoms with Crippen molar-refractivity contribution >= 4 is 33.4 Å². The van der Waals surface area contributed by atoms with Crippen molar-refractivity contribution in [1.82, 2.24) is 10.6 Å². The van der Waals surface area contributed by atoms with Crippen LogP contribution in [0.5, 0.6) is 0 Å². The van der Waals surface area contributed by atoms with Gasteiger partial charge in [0.25, 0.3) is 0 Å². The van der Waals surface area contributed by atoms with Gasteiger partial charge in [0.1, 0.15) is 5.60 Å². The van der Waals surface area contributed by atoms with Crippen molar-refractivity contribution in [2.75, 3.05) is 13.1 Å². The fourth-order valence-corrected chi connectivity index (χ4v) is 2.96. The number of ether oxygens (including phenoxy) is 1. The van der Waals surface area contributed by atoms with Gasteiger partial charge in [0, 0.05) is 33.9 Å². The molecule has 1 aromatic rings. The van der Waals surface area contributed by atoms with E-state index in [0.717, 1.165) is 11.0 Å². The molecule has 0 aliphatic carbocycles. The lowest BCUT2D eigenvalue weighted by molar-refractivity contribution is 0.0528. The zero-order valence-electron chi connectivity index (χ0n) is 11.8. The molecule has 108 valence electrons. The number of alkyl carbamates (subject to hydrolysis) is 1. The first-order valence-corrected chi connectivity index (χ1v) is 7.81. The highest BCUT2D eigenvalue weighted by Gasteiger charge is 2.15. The molecule has 0 spiro atoms. The number of amides is 1. The summed E-state index contributed by atoms with van der Waals surface area (Å²) in [5.74, 6) is 0. The minimum Gasteiger partial charge on any atom is -0.444 e. The maximum Gasteiger partial charge on any atom is 0.407 e. The molecule has 0 unspecified atom stereocenters. The summed E-state index contributed by atoms with van der Waals surface area (Å²) in [6.45, 7) is 9.72. The second-order valence-electron chi connectivity index (χ2n) is 5.22. The Balaban J connectivity index is 2.13. The van der Waals surface area contributed by atoms with Gasteiger partial charge in [-0.3, -0.25) is 0 Å². The molecular formula is C13H21BrN2O2S. The fraction of sp³-hybridized carbons (Fsp3) is 0.615. The summed E-state index contributed by atoms with van der Waals surface area (Å²) in [7, 11) is 0. The van der Waals surface area contributed by atoms with Crippen LogP contribution in [0.1, 0.15) is 30.5 Å². The van der Waals surface area contributed by atoms with Gasteiger partial charge in [0.2, 0.25) is 0 Å². The summed E-state index contributed by atoms with van der Waals surface area (Å²) in [4.78, 5) is 13.9. The minimum absolute atomic E-state index is 0.371. The van der Waals surface area contributed by atoms with E-state index < -0.39 is 5.60 Å². The van der Waals surface area contributed by atoms with Crippen molar-refractivity contribution in [2.24, 2.45) is 0 Å². The SMILES string of the molecule is Cc1sc(CNCCNC(=O)OC(C)(C)C)cc1Br. The Morgan fingerprint density at radius 2 is 2.11 bits per heavy atom. The lowest BCUT2D eigenvalue weighted by atomic mass is 10.2. The number of aryl methyl sites for hydroxylation is 1. The quantitative estimate of drug-likeness (QED) is 0.801. The largest absolute Gasteiger partial charge is 0.444 e. The third kappa shape index (κ3) is 6.94. The van der Waals surface area contributed by atoms with Crippen LogP contribution in [0.3, 0.4) is 0 Å². The summed E-state index contributed by atoms with van der Waals surface area (Å²) in [6, 6.07) is 2.12. The molecular weight excluding hydrogens is 328 g/mol. The van der Waals surface area contributed by atoms with E-state index in [2.05, 4.69) is 39.6 Å². The molecule has 1 heterocycles. The number of nitrogens with one attached hydrogen (secondary N) is 2. The molecule has 0 saturated carbocycles.